The minimum atomic E-state index is -0.00190. The summed E-state index contributed by atoms with van der Waals surface area (Å²) in [6, 6.07) is 12.6. The van der Waals surface area contributed by atoms with Crippen molar-refractivity contribution in [3.05, 3.63) is 63.1 Å². The van der Waals surface area contributed by atoms with Crippen molar-refractivity contribution < 1.29 is 4.79 Å². The van der Waals surface area contributed by atoms with E-state index in [1.807, 2.05) is 18.2 Å². The van der Waals surface area contributed by atoms with Gasteiger partial charge in [-0.05, 0) is 42.0 Å². The molecule has 1 atom stereocenters. The Morgan fingerprint density at radius 3 is 2.33 bits per heavy atom. The van der Waals surface area contributed by atoms with Crippen LogP contribution < -0.4 is 4.90 Å². The van der Waals surface area contributed by atoms with E-state index in [0.717, 1.165) is 11.3 Å². The molecule has 1 saturated heterocycles. The second kappa shape index (κ2) is 6.09. The number of amides is 1. The van der Waals surface area contributed by atoms with Gasteiger partial charge >= 0.3 is 0 Å². The minimum Gasteiger partial charge on any atom is -0.302 e. The monoisotopic (exact) mass is 357 g/mol. The van der Waals surface area contributed by atoms with Crippen LogP contribution in [-0.2, 0) is 0 Å². The quantitative estimate of drug-likeness (QED) is 0.650. The van der Waals surface area contributed by atoms with E-state index >= 15 is 0 Å². The lowest BCUT2D eigenvalue weighted by Gasteiger charge is -2.16. The largest absolute Gasteiger partial charge is 0.302 e. The number of thioether (sulfide) groups is 1. The van der Waals surface area contributed by atoms with Gasteiger partial charge in [-0.2, -0.15) is 0 Å². The predicted molar refractivity (Wildman–Crippen MR) is 91.0 cm³/mol. The first-order chi connectivity index (χ1) is 10.0. The van der Waals surface area contributed by atoms with Gasteiger partial charge in [0.15, 0.2) is 0 Å². The average molecular weight is 359 g/mol. The van der Waals surface area contributed by atoms with Crippen molar-refractivity contribution in [3.8, 4) is 0 Å². The van der Waals surface area contributed by atoms with Crippen LogP contribution in [0.5, 0.6) is 0 Å². The SMILES string of the molecule is O=C1S[C@H](c2ccc(Cl)cc2Cl)CN1c1ccc(Cl)cc1. The fraction of sp³-hybridized carbons (Fsp3) is 0.133. The molecule has 2 nitrogen and oxygen atoms in total. The van der Waals surface area contributed by atoms with Gasteiger partial charge in [0.05, 0.1) is 5.25 Å². The molecule has 0 bridgehead atoms. The summed E-state index contributed by atoms with van der Waals surface area (Å²) in [7, 11) is 0. The van der Waals surface area contributed by atoms with Crippen LogP contribution in [0.1, 0.15) is 10.8 Å². The van der Waals surface area contributed by atoms with Crippen LogP contribution in [0, 0.1) is 0 Å². The molecular formula is C15H10Cl3NOS. The minimum absolute atomic E-state index is 0.00190. The smallest absolute Gasteiger partial charge is 0.286 e. The van der Waals surface area contributed by atoms with E-state index < -0.39 is 0 Å². The highest BCUT2D eigenvalue weighted by Gasteiger charge is 2.33. The summed E-state index contributed by atoms with van der Waals surface area (Å²) in [6.45, 7) is 0.576. The number of hydrogen-bond acceptors (Lipinski definition) is 2. The van der Waals surface area contributed by atoms with Crippen LogP contribution in [0.3, 0.4) is 0 Å². The highest BCUT2D eigenvalue weighted by molar-refractivity contribution is 8.14. The molecule has 108 valence electrons. The van der Waals surface area contributed by atoms with Gasteiger partial charge in [0.1, 0.15) is 0 Å². The second-order valence-electron chi connectivity index (χ2n) is 4.63. The number of carbonyl (C=O) groups is 1. The van der Waals surface area contributed by atoms with Crippen LogP contribution in [-0.4, -0.2) is 11.8 Å². The molecule has 1 amide bonds. The standard InChI is InChI=1S/C15H10Cl3NOS/c16-9-1-4-11(5-2-9)19-8-14(21-15(19)20)12-6-3-10(17)7-13(12)18/h1-7,14H,8H2/t14-/m0/s1. The maximum Gasteiger partial charge on any atom is 0.286 e. The molecule has 0 aliphatic carbocycles. The van der Waals surface area contributed by atoms with E-state index in [4.69, 9.17) is 34.8 Å². The summed E-state index contributed by atoms with van der Waals surface area (Å²) < 4.78 is 0. The molecule has 21 heavy (non-hydrogen) atoms. The first kappa shape index (κ1) is 15.0. The summed E-state index contributed by atoms with van der Waals surface area (Å²) in [4.78, 5) is 13.9. The first-order valence-electron chi connectivity index (χ1n) is 6.23. The Morgan fingerprint density at radius 2 is 1.67 bits per heavy atom. The van der Waals surface area contributed by atoms with Crippen LogP contribution in [0.25, 0.3) is 0 Å². The average Bonchev–Trinajstić information content (AvgIpc) is 2.81. The molecule has 1 aliphatic heterocycles. The van der Waals surface area contributed by atoms with Crippen LogP contribution >= 0.6 is 46.6 Å². The third-order valence-corrected chi connectivity index (χ3v) is 5.18. The van der Waals surface area contributed by atoms with Gasteiger partial charge in [0.25, 0.3) is 5.24 Å². The van der Waals surface area contributed by atoms with E-state index in [0.29, 0.717) is 21.6 Å². The summed E-state index contributed by atoms with van der Waals surface area (Å²) in [5.74, 6) is 0. The first-order valence-corrected chi connectivity index (χ1v) is 8.24. The van der Waals surface area contributed by atoms with Crippen molar-refractivity contribution in [1.82, 2.24) is 0 Å². The van der Waals surface area contributed by atoms with Crippen LogP contribution in [0.15, 0.2) is 42.5 Å². The van der Waals surface area contributed by atoms with E-state index in [2.05, 4.69) is 0 Å². The molecule has 0 radical (unpaired) electrons. The third kappa shape index (κ3) is 3.16. The van der Waals surface area contributed by atoms with Gasteiger partial charge in [0.2, 0.25) is 0 Å². The molecule has 0 aromatic heterocycles. The van der Waals surface area contributed by atoms with E-state index in [1.165, 1.54) is 11.8 Å². The number of hydrogen-bond donors (Lipinski definition) is 0. The molecule has 1 aliphatic rings. The maximum atomic E-state index is 12.2. The summed E-state index contributed by atoms with van der Waals surface area (Å²) in [5, 5.41) is 1.83. The van der Waals surface area contributed by atoms with Gasteiger partial charge in [0, 0.05) is 27.3 Å². The van der Waals surface area contributed by atoms with E-state index in [1.54, 1.807) is 29.2 Å². The van der Waals surface area contributed by atoms with Crippen molar-refractivity contribution >= 4 is 57.5 Å². The second-order valence-corrected chi connectivity index (χ2v) is 7.06. The van der Waals surface area contributed by atoms with Gasteiger partial charge in [-0.15, -0.1) is 0 Å². The normalized spacial score (nSPS) is 18.3. The van der Waals surface area contributed by atoms with Gasteiger partial charge < -0.3 is 4.90 Å². The Bertz CT molecular complexity index is 690. The Balaban J connectivity index is 1.85. The zero-order chi connectivity index (χ0) is 15.0. The molecule has 1 fully saturated rings. The maximum absolute atomic E-state index is 12.2. The van der Waals surface area contributed by atoms with Crippen molar-refractivity contribution in [2.24, 2.45) is 0 Å². The lowest BCUT2D eigenvalue weighted by molar-refractivity contribution is 0.266. The molecule has 0 saturated carbocycles. The number of anilines is 1. The van der Waals surface area contributed by atoms with Gasteiger partial charge in [-0.1, -0.05) is 52.6 Å². The molecule has 2 aromatic rings. The highest BCUT2D eigenvalue weighted by Crippen LogP contribution is 2.43. The zero-order valence-corrected chi connectivity index (χ0v) is 13.8. The Hall–Kier alpha value is -0.870. The zero-order valence-electron chi connectivity index (χ0n) is 10.7. The summed E-state index contributed by atoms with van der Waals surface area (Å²) >= 11 is 19.3. The Labute approximate surface area is 142 Å². The topological polar surface area (TPSA) is 20.3 Å². The molecule has 0 unspecified atom stereocenters. The lowest BCUT2D eigenvalue weighted by Crippen LogP contribution is -2.22. The van der Waals surface area contributed by atoms with Gasteiger partial charge in [-0.3, -0.25) is 4.79 Å². The lowest BCUT2D eigenvalue weighted by atomic mass is 10.1. The number of halogens is 3. The number of carbonyl (C=O) groups excluding carboxylic acids is 1. The fourth-order valence-electron chi connectivity index (χ4n) is 2.22. The van der Waals surface area contributed by atoms with E-state index in [9.17, 15) is 4.79 Å². The van der Waals surface area contributed by atoms with Crippen molar-refractivity contribution in [1.29, 1.82) is 0 Å². The molecule has 1 heterocycles. The Morgan fingerprint density at radius 1 is 1.00 bits per heavy atom. The fourth-order valence-corrected chi connectivity index (χ4v) is 4.06. The summed E-state index contributed by atoms with van der Waals surface area (Å²) in [5.41, 5.74) is 1.76. The summed E-state index contributed by atoms with van der Waals surface area (Å²) in [6.07, 6.45) is 0. The third-order valence-electron chi connectivity index (χ3n) is 3.26. The number of benzene rings is 2. The van der Waals surface area contributed by atoms with Crippen molar-refractivity contribution in [2.45, 2.75) is 5.25 Å². The van der Waals surface area contributed by atoms with Crippen molar-refractivity contribution in [2.75, 3.05) is 11.4 Å². The van der Waals surface area contributed by atoms with Crippen LogP contribution in [0.2, 0.25) is 15.1 Å². The number of nitrogens with zero attached hydrogens (tertiary/aromatic N) is 1. The van der Waals surface area contributed by atoms with Crippen molar-refractivity contribution in [3.63, 3.8) is 0 Å². The number of rotatable bonds is 2. The predicted octanol–water partition coefficient (Wildman–Crippen LogP) is 6.06. The molecule has 0 N–H and O–H groups in total. The van der Waals surface area contributed by atoms with Crippen LogP contribution in [0.4, 0.5) is 10.5 Å². The Kier molecular flexibility index (Phi) is 4.36. The van der Waals surface area contributed by atoms with Gasteiger partial charge in [-0.25, -0.2) is 0 Å². The highest BCUT2D eigenvalue weighted by atomic mass is 35.5. The molecule has 6 heteroatoms. The molecule has 0 spiro atoms. The molecule has 2 aromatic carbocycles. The van der Waals surface area contributed by atoms with E-state index in [-0.39, 0.29) is 10.5 Å². The molecule has 3 rings (SSSR count). The molecular weight excluding hydrogens is 349 g/mol.